The van der Waals surface area contributed by atoms with Crippen LogP contribution in [-0.2, 0) is 5.75 Å². The van der Waals surface area contributed by atoms with Gasteiger partial charge in [-0.15, -0.1) is 0 Å². The Morgan fingerprint density at radius 1 is 1.04 bits per heavy atom. The second-order valence-corrected chi connectivity index (χ2v) is 5.73. The third kappa shape index (κ3) is 3.48. The molecule has 3 nitrogen and oxygen atoms in total. The summed E-state index contributed by atoms with van der Waals surface area (Å²) in [5.74, 6) is -0.373. The van der Waals surface area contributed by atoms with Crippen LogP contribution in [0.2, 0.25) is 0 Å². The molecule has 3 aromatic rings. The molecule has 0 aliphatic heterocycles. The molecule has 1 aromatic heterocycles. The fourth-order valence-corrected chi connectivity index (χ4v) is 2.94. The zero-order valence-corrected chi connectivity index (χ0v) is 12.8. The number of nitrogens with zero attached hydrogens (tertiary/aromatic N) is 2. The fraction of sp³-hybridized carbons (Fsp3) is 0.0588. The van der Waals surface area contributed by atoms with E-state index in [2.05, 4.69) is 4.98 Å². The van der Waals surface area contributed by atoms with Crippen LogP contribution in [0.1, 0.15) is 5.56 Å². The largest absolute Gasteiger partial charge is 0.287 e. The van der Waals surface area contributed by atoms with Crippen molar-refractivity contribution >= 4 is 11.8 Å². The highest BCUT2D eigenvalue weighted by atomic mass is 32.2. The number of hydrogen-bond acceptors (Lipinski definition) is 3. The van der Waals surface area contributed by atoms with E-state index in [0.717, 1.165) is 0 Å². The van der Waals surface area contributed by atoms with Gasteiger partial charge in [0.05, 0.1) is 0 Å². The van der Waals surface area contributed by atoms with Crippen molar-refractivity contribution in [2.75, 3.05) is 0 Å². The zero-order chi connectivity index (χ0) is 16.2. The van der Waals surface area contributed by atoms with Crippen molar-refractivity contribution in [1.29, 1.82) is 0 Å². The smallest absolute Gasteiger partial charge is 0.280 e. The number of thioether (sulfide) groups is 1. The molecule has 23 heavy (non-hydrogen) atoms. The van der Waals surface area contributed by atoms with Crippen LogP contribution >= 0.6 is 11.8 Å². The van der Waals surface area contributed by atoms with Gasteiger partial charge in [0.1, 0.15) is 11.6 Å². The summed E-state index contributed by atoms with van der Waals surface area (Å²) in [6, 6.07) is 12.0. The second kappa shape index (κ2) is 6.75. The third-order valence-corrected chi connectivity index (χ3v) is 4.25. The van der Waals surface area contributed by atoms with Gasteiger partial charge in [-0.2, -0.15) is 0 Å². The summed E-state index contributed by atoms with van der Waals surface area (Å²) in [6.45, 7) is 0. The van der Waals surface area contributed by atoms with E-state index in [1.807, 2.05) is 0 Å². The van der Waals surface area contributed by atoms with E-state index >= 15 is 0 Å². The molecule has 0 aliphatic carbocycles. The normalized spacial score (nSPS) is 10.7. The van der Waals surface area contributed by atoms with Crippen LogP contribution in [0, 0.1) is 11.6 Å². The first-order valence-corrected chi connectivity index (χ1v) is 7.83. The fourth-order valence-electron chi connectivity index (χ4n) is 2.06. The molecule has 0 atom stereocenters. The lowest BCUT2D eigenvalue weighted by Crippen LogP contribution is -2.20. The Labute approximate surface area is 135 Å². The van der Waals surface area contributed by atoms with E-state index < -0.39 is 0 Å². The highest BCUT2D eigenvalue weighted by Crippen LogP contribution is 2.20. The molecule has 0 amide bonds. The number of halogens is 2. The Morgan fingerprint density at radius 2 is 1.78 bits per heavy atom. The Hall–Kier alpha value is -2.47. The van der Waals surface area contributed by atoms with E-state index in [1.165, 1.54) is 59.1 Å². The number of benzene rings is 2. The highest BCUT2D eigenvalue weighted by molar-refractivity contribution is 7.98. The average Bonchev–Trinajstić information content (AvgIpc) is 2.56. The van der Waals surface area contributed by atoms with Gasteiger partial charge < -0.3 is 0 Å². The van der Waals surface area contributed by atoms with Crippen LogP contribution in [0.15, 0.2) is 70.7 Å². The van der Waals surface area contributed by atoms with Crippen molar-refractivity contribution in [2.24, 2.45) is 0 Å². The van der Waals surface area contributed by atoms with E-state index in [-0.39, 0.29) is 22.2 Å². The predicted molar refractivity (Wildman–Crippen MR) is 85.8 cm³/mol. The zero-order valence-electron chi connectivity index (χ0n) is 11.9. The first kappa shape index (κ1) is 15.4. The first-order chi connectivity index (χ1) is 11.1. The lowest BCUT2D eigenvalue weighted by Gasteiger charge is -2.07. The van der Waals surface area contributed by atoms with Gasteiger partial charge in [0.2, 0.25) is 0 Å². The SMILES string of the molecule is O=c1c(SCc2ccccc2F)nccn1-c1ccc(F)cc1. The topological polar surface area (TPSA) is 34.9 Å². The van der Waals surface area contributed by atoms with Crippen molar-refractivity contribution in [2.45, 2.75) is 10.8 Å². The molecule has 0 N–H and O–H groups in total. The van der Waals surface area contributed by atoms with Crippen LogP contribution in [-0.4, -0.2) is 9.55 Å². The summed E-state index contributed by atoms with van der Waals surface area (Å²) in [5.41, 5.74) is 0.739. The molecule has 0 radical (unpaired) electrons. The Bertz CT molecular complexity index is 878. The quantitative estimate of drug-likeness (QED) is 0.683. The van der Waals surface area contributed by atoms with Crippen LogP contribution in [0.5, 0.6) is 0 Å². The van der Waals surface area contributed by atoms with Crippen molar-refractivity contribution in [3.05, 3.63) is 88.5 Å². The molecule has 3 rings (SSSR count). The van der Waals surface area contributed by atoms with E-state index in [1.54, 1.807) is 18.2 Å². The lowest BCUT2D eigenvalue weighted by molar-refractivity contribution is 0.617. The standard InChI is InChI=1S/C17H12F2N2OS/c18-13-5-7-14(8-6-13)21-10-9-20-16(17(21)22)23-11-12-3-1-2-4-15(12)19/h1-10H,11H2. The van der Waals surface area contributed by atoms with E-state index in [0.29, 0.717) is 17.0 Å². The molecule has 2 aromatic carbocycles. The Kier molecular flexibility index (Phi) is 4.52. The molecule has 0 saturated heterocycles. The summed E-state index contributed by atoms with van der Waals surface area (Å²) >= 11 is 1.17. The van der Waals surface area contributed by atoms with Gasteiger partial charge >= 0.3 is 0 Å². The monoisotopic (exact) mass is 330 g/mol. The summed E-state index contributed by atoms with van der Waals surface area (Å²) in [5, 5.41) is 0.264. The number of aromatic nitrogens is 2. The lowest BCUT2D eigenvalue weighted by atomic mass is 10.2. The molecular formula is C17H12F2N2OS. The first-order valence-electron chi connectivity index (χ1n) is 6.85. The molecule has 0 unspecified atom stereocenters. The van der Waals surface area contributed by atoms with Crippen LogP contribution in [0.3, 0.4) is 0 Å². The molecule has 0 spiro atoms. The van der Waals surface area contributed by atoms with Gasteiger partial charge in [-0.1, -0.05) is 30.0 Å². The summed E-state index contributed by atoms with van der Waals surface area (Å²) in [7, 11) is 0. The Balaban J connectivity index is 1.87. The molecule has 0 fully saturated rings. The van der Waals surface area contributed by atoms with Crippen LogP contribution in [0.25, 0.3) is 5.69 Å². The Morgan fingerprint density at radius 3 is 2.52 bits per heavy atom. The van der Waals surface area contributed by atoms with E-state index in [4.69, 9.17) is 0 Å². The molecule has 116 valence electrons. The minimum absolute atomic E-state index is 0.264. The van der Waals surface area contributed by atoms with Gasteiger partial charge in [-0.25, -0.2) is 13.8 Å². The summed E-state index contributed by atoms with van der Waals surface area (Å²) in [6.07, 6.45) is 3.01. The summed E-state index contributed by atoms with van der Waals surface area (Å²) < 4.78 is 28.0. The highest BCUT2D eigenvalue weighted by Gasteiger charge is 2.09. The maximum absolute atomic E-state index is 13.6. The molecule has 0 saturated carbocycles. The number of hydrogen-bond donors (Lipinski definition) is 0. The summed E-state index contributed by atoms with van der Waals surface area (Å²) in [4.78, 5) is 16.5. The van der Waals surface area contributed by atoms with Gasteiger partial charge in [0.15, 0.2) is 5.03 Å². The maximum atomic E-state index is 13.6. The third-order valence-electron chi connectivity index (χ3n) is 3.24. The van der Waals surface area contributed by atoms with Gasteiger partial charge in [-0.05, 0) is 35.9 Å². The van der Waals surface area contributed by atoms with Crippen molar-refractivity contribution in [3.8, 4) is 5.69 Å². The van der Waals surface area contributed by atoms with Gasteiger partial charge in [0, 0.05) is 23.8 Å². The van der Waals surface area contributed by atoms with Gasteiger partial charge in [0.25, 0.3) is 5.56 Å². The van der Waals surface area contributed by atoms with Crippen molar-refractivity contribution < 1.29 is 8.78 Å². The van der Waals surface area contributed by atoms with Crippen LogP contribution < -0.4 is 5.56 Å². The molecule has 0 aliphatic rings. The molecule has 6 heteroatoms. The number of rotatable bonds is 4. The average molecular weight is 330 g/mol. The van der Waals surface area contributed by atoms with Crippen molar-refractivity contribution in [3.63, 3.8) is 0 Å². The van der Waals surface area contributed by atoms with Crippen molar-refractivity contribution in [1.82, 2.24) is 9.55 Å². The van der Waals surface area contributed by atoms with Crippen LogP contribution in [0.4, 0.5) is 8.78 Å². The minimum Gasteiger partial charge on any atom is -0.280 e. The minimum atomic E-state index is -0.370. The maximum Gasteiger partial charge on any atom is 0.287 e. The predicted octanol–water partition coefficient (Wildman–Crippen LogP) is 3.80. The van der Waals surface area contributed by atoms with E-state index in [9.17, 15) is 13.6 Å². The molecule has 0 bridgehead atoms. The molecule has 1 heterocycles. The second-order valence-electron chi connectivity index (χ2n) is 4.76. The van der Waals surface area contributed by atoms with Gasteiger partial charge in [-0.3, -0.25) is 9.36 Å². The molecular weight excluding hydrogens is 318 g/mol.